The number of nitrogens with zero attached hydrogens (tertiary/aromatic N) is 2. The van der Waals surface area contributed by atoms with Gasteiger partial charge in [-0.3, -0.25) is 14.6 Å². The number of hydrogen-bond acceptors (Lipinski definition) is 3. The van der Waals surface area contributed by atoms with Gasteiger partial charge >= 0.3 is 0 Å². The predicted molar refractivity (Wildman–Crippen MR) is 116 cm³/mol. The number of carbonyl (C=O) groups is 1. The molecule has 1 heterocycles. The van der Waals surface area contributed by atoms with Crippen molar-refractivity contribution in [1.29, 1.82) is 0 Å². The third kappa shape index (κ3) is 6.05. The molecule has 2 aliphatic rings. The van der Waals surface area contributed by atoms with Crippen molar-refractivity contribution in [3.05, 3.63) is 35.4 Å². The average Bonchev–Trinajstić information content (AvgIpc) is 2.65. The molecule has 0 aromatic heterocycles. The fourth-order valence-corrected chi connectivity index (χ4v) is 4.72. The topological polar surface area (TPSA) is 35.6 Å². The van der Waals surface area contributed by atoms with Crippen LogP contribution in [0.15, 0.2) is 24.3 Å². The van der Waals surface area contributed by atoms with Crippen LogP contribution in [0.25, 0.3) is 0 Å². The van der Waals surface area contributed by atoms with Crippen LogP contribution in [0.5, 0.6) is 0 Å². The number of amides is 1. The Bertz CT molecular complexity index is 639. The molecule has 4 nitrogen and oxygen atoms in total. The van der Waals surface area contributed by atoms with Crippen molar-refractivity contribution in [2.24, 2.45) is 5.41 Å². The van der Waals surface area contributed by atoms with E-state index in [0.29, 0.717) is 24.0 Å². The van der Waals surface area contributed by atoms with Crippen molar-refractivity contribution in [3.8, 4) is 0 Å². The highest BCUT2D eigenvalue weighted by Gasteiger charge is 2.29. The van der Waals surface area contributed by atoms with E-state index in [2.05, 4.69) is 67.2 Å². The quantitative estimate of drug-likeness (QED) is 0.805. The lowest BCUT2D eigenvalue weighted by Crippen LogP contribution is -2.48. The van der Waals surface area contributed by atoms with E-state index in [1.807, 2.05) is 0 Å². The lowest BCUT2D eigenvalue weighted by atomic mass is 9.75. The van der Waals surface area contributed by atoms with E-state index in [4.69, 9.17) is 0 Å². The molecule has 2 fully saturated rings. The number of piperidine rings is 1. The van der Waals surface area contributed by atoms with E-state index in [1.165, 1.54) is 36.8 Å². The molecular formula is C24H39N3O. The first-order chi connectivity index (χ1) is 13.3. The first-order valence-corrected chi connectivity index (χ1v) is 11.1. The second kappa shape index (κ2) is 9.41. The number of aryl methyl sites for hydroxylation is 1. The normalized spacial score (nSPS) is 21.8. The van der Waals surface area contributed by atoms with E-state index in [0.717, 1.165) is 32.5 Å². The van der Waals surface area contributed by atoms with Gasteiger partial charge in [-0.25, -0.2) is 0 Å². The molecule has 0 spiro atoms. The van der Waals surface area contributed by atoms with Gasteiger partial charge in [0, 0.05) is 31.7 Å². The third-order valence-electron chi connectivity index (χ3n) is 6.93. The van der Waals surface area contributed by atoms with Gasteiger partial charge in [0.05, 0.1) is 6.54 Å². The van der Waals surface area contributed by atoms with Gasteiger partial charge in [-0.15, -0.1) is 0 Å². The van der Waals surface area contributed by atoms with Gasteiger partial charge in [-0.1, -0.05) is 38.1 Å². The molecular weight excluding hydrogens is 346 g/mol. The maximum atomic E-state index is 12.5. The lowest BCUT2D eigenvalue weighted by molar-refractivity contribution is -0.123. The summed E-state index contributed by atoms with van der Waals surface area (Å²) in [4.78, 5) is 17.3. The number of rotatable bonds is 6. The lowest BCUT2D eigenvalue weighted by Gasteiger charge is -2.38. The summed E-state index contributed by atoms with van der Waals surface area (Å²) in [5, 5.41) is 3.29. The van der Waals surface area contributed by atoms with Gasteiger partial charge < -0.3 is 5.32 Å². The van der Waals surface area contributed by atoms with E-state index in [9.17, 15) is 4.79 Å². The first-order valence-electron chi connectivity index (χ1n) is 11.1. The molecule has 3 rings (SSSR count). The van der Waals surface area contributed by atoms with Crippen molar-refractivity contribution in [2.75, 3.05) is 26.7 Å². The van der Waals surface area contributed by atoms with Crippen molar-refractivity contribution in [1.82, 2.24) is 15.1 Å². The summed E-state index contributed by atoms with van der Waals surface area (Å²) in [5.74, 6) is 0.199. The van der Waals surface area contributed by atoms with Crippen LogP contribution in [0, 0.1) is 12.3 Å². The zero-order valence-corrected chi connectivity index (χ0v) is 18.3. The maximum Gasteiger partial charge on any atom is 0.234 e. The Hall–Kier alpha value is -1.39. The third-order valence-corrected chi connectivity index (χ3v) is 6.93. The molecule has 1 aliphatic heterocycles. The summed E-state index contributed by atoms with van der Waals surface area (Å²) in [7, 11) is 2.12. The maximum absolute atomic E-state index is 12.5. The highest BCUT2D eigenvalue weighted by atomic mass is 16.2. The van der Waals surface area contributed by atoms with Crippen molar-refractivity contribution < 1.29 is 4.79 Å². The van der Waals surface area contributed by atoms with E-state index < -0.39 is 0 Å². The molecule has 1 aliphatic carbocycles. The van der Waals surface area contributed by atoms with Crippen LogP contribution >= 0.6 is 0 Å². The van der Waals surface area contributed by atoms with Crippen LogP contribution in [0.3, 0.4) is 0 Å². The summed E-state index contributed by atoms with van der Waals surface area (Å²) < 4.78 is 0. The minimum absolute atomic E-state index is 0.199. The molecule has 1 aromatic rings. The van der Waals surface area contributed by atoms with Gasteiger partial charge in [0.1, 0.15) is 0 Å². The van der Waals surface area contributed by atoms with Crippen LogP contribution in [-0.4, -0.2) is 54.5 Å². The minimum Gasteiger partial charge on any atom is -0.352 e. The SMILES string of the molecule is Cc1ccccc1CN1CCC(NC(=O)CN(C)C2CCC(C)(C)CC2)CC1. The highest BCUT2D eigenvalue weighted by Crippen LogP contribution is 2.36. The minimum atomic E-state index is 0.199. The molecule has 0 atom stereocenters. The van der Waals surface area contributed by atoms with Gasteiger partial charge in [0.15, 0.2) is 0 Å². The number of likely N-dealkylation sites (N-methyl/N-ethyl adjacent to an activating group) is 1. The molecule has 1 aromatic carbocycles. The summed E-state index contributed by atoms with van der Waals surface area (Å²) in [6, 6.07) is 9.54. The van der Waals surface area contributed by atoms with E-state index in [1.54, 1.807) is 0 Å². The second-order valence-electron chi connectivity index (χ2n) is 9.85. The Kier molecular flexibility index (Phi) is 7.16. The fraction of sp³-hybridized carbons (Fsp3) is 0.708. The summed E-state index contributed by atoms with van der Waals surface area (Å²) in [5.41, 5.74) is 3.26. The molecule has 0 radical (unpaired) electrons. The summed E-state index contributed by atoms with van der Waals surface area (Å²) in [6.45, 7) is 10.6. The van der Waals surface area contributed by atoms with Crippen LogP contribution in [-0.2, 0) is 11.3 Å². The number of likely N-dealkylation sites (tertiary alicyclic amines) is 1. The van der Waals surface area contributed by atoms with E-state index in [-0.39, 0.29) is 5.91 Å². The monoisotopic (exact) mass is 385 g/mol. The zero-order valence-electron chi connectivity index (χ0n) is 18.3. The molecule has 1 saturated carbocycles. The number of nitrogens with one attached hydrogen (secondary N) is 1. The van der Waals surface area contributed by atoms with E-state index >= 15 is 0 Å². The van der Waals surface area contributed by atoms with Crippen LogP contribution < -0.4 is 5.32 Å². The van der Waals surface area contributed by atoms with Gasteiger partial charge in [0.25, 0.3) is 0 Å². The van der Waals surface area contributed by atoms with Gasteiger partial charge in [-0.2, -0.15) is 0 Å². The average molecular weight is 386 g/mol. The Labute approximate surface area is 171 Å². The number of hydrogen-bond donors (Lipinski definition) is 1. The molecule has 1 N–H and O–H groups in total. The molecule has 156 valence electrons. The molecule has 28 heavy (non-hydrogen) atoms. The second-order valence-corrected chi connectivity index (χ2v) is 9.85. The Morgan fingerprint density at radius 3 is 2.43 bits per heavy atom. The predicted octanol–water partition coefficient (Wildman–Crippen LogP) is 3.98. The molecule has 1 saturated heterocycles. The van der Waals surface area contributed by atoms with Crippen LogP contribution in [0.4, 0.5) is 0 Å². The van der Waals surface area contributed by atoms with Crippen LogP contribution in [0.1, 0.15) is 63.5 Å². The summed E-state index contributed by atoms with van der Waals surface area (Å²) >= 11 is 0. The van der Waals surface area contributed by atoms with Crippen molar-refractivity contribution in [2.45, 2.75) is 77.9 Å². The smallest absolute Gasteiger partial charge is 0.234 e. The molecule has 4 heteroatoms. The number of benzene rings is 1. The molecule has 0 bridgehead atoms. The molecule has 1 amide bonds. The summed E-state index contributed by atoms with van der Waals surface area (Å²) in [6.07, 6.45) is 7.08. The van der Waals surface area contributed by atoms with Gasteiger partial charge in [-0.05, 0) is 69.0 Å². The highest BCUT2D eigenvalue weighted by molar-refractivity contribution is 5.78. The Balaban J connectivity index is 1.37. The van der Waals surface area contributed by atoms with Crippen molar-refractivity contribution >= 4 is 5.91 Å². The molecule has 0 unspecified atom stereocenters. The fourth-order valence-electron chi connectivity index (χ4n) is 4.72. The van der Waals surface area contributed by atoms with Crippen LogP contribution in [0.2, 0.25) is 0 Å². The standard InChI is InChI=1S/C24H39N3O/c1-19-7-5-6-8-20(19)17-27-15-11-21(12-16-27)25-23(28)18-26(4)22-9-13-24(2,3)14-10-22/h5-8,21-22H,9-18H2,1-4H3,(H,25,28). The largest absolute Gasteiger partial charge is 0.352 e. The zero-order chi connectivity index (χ0) is 20.1. The van der Waals surface area contributed by atoms with Gasteiger partial charge in [0.2, 0.25) is 5.91 Å². The Morgan fingerprint density at radius 2 is 1.79 bits per heavy atom. The van der Waals surface area contributed by atoms with Crippen molar-refractivity contribution in [3.63, 3.8) is 0 Å². The first kappa shape index (κ1) is 21.3. The Morgan fingerprint density at radius 1 is 1.14 bits per heavy atom. The number of carbonyl (C=O) groups excluding carboxylic acids is 1.